The molecule has 0 aromatic heterocycles. The standard InChI is InChI=1S/C19H24FN3O4/c1-2-27-19(26)23-9-7-22(8-10-23)18(25)15-11-14(15)17(24)21-12-13-5-3-4-6-16(13)20/h3-6,14-15H,2,7-12H2,1H3,(H,21,24). The van der Waals surface area contributed by atoms with E-state index in [9.17, 15) is 18.8 Å². The summed E-state index contributed by atoms with van der Waals surface area (Å²) in [5.74, 6) is -1.31. The molecule has 8 heteroatoms. The summed E-state index contributed by atoms with van der Waals surface area (Å²) in [7, 11) is 0. The molecule has 1 aliphatic heterocycles. The van der Waals surface area contributed by atoms with Gasteiger partial charge in [0.05, 0.1) is 18.4 Å². The summed E-state index contributed by atoms with van der Waals surface area (Å²) in [4.78, 5) is 39.8. The van der Waals surface area contributed by atoms with Gasteiger partial charge >= 0.3 is 6.09 Å². The molecule has 1 N–H and O–H groups in total. The Morgan fingerprint density at radius 3 is 2.44 bits per heavy atom. The third-order valence-electron chi connectivity index (χ3n) is 4.97. The predicted molar refractivity (Wildman–Crippen MR) is 95.0 cm³/mol. The van der Waals surface area contributed by atoms with Crippen LogP contribution in [0.2, 0.25) is 0 Å². The van der Waals surface area contributed by atoms with Crippen LogP contribution in [0.25, 0.3) is 0 Å². The molecular weight excluding hydrogens is 353 g/mol. The Labute approximate surface area is 157 Å². The first-order valence-electron chi connectivity index (χ1n) is 9.23. The van der Waals surface area contributed by atoms with Gasteiger partial charge in [-0.1, -0.05) is 18.2 Å². The molecule has 146 valence electrons. The quantitative estimate of drug-likeness (QED) is 0.841. The zero-order valence-corrected chi connectivity index (χ0v) is 15.3. The van der Waals surface area contributed by atoms with Crippen molar-refractivity contribution in [3.8, 4) is 0 Å². The highest BCUT2D eigenvalue weighted by Gasteiger charge is 2.49. The highest BCUT2D eigenvalue weighted by Crippen LogP contribution is 2.40. The summed E-state index contributed by atoms with van der Waals surface area (Å²) >= 11 is 0. The van der Waals surface area contributed by atoms with Crippen molar-refractivity contribution in [2.45, 2.75) is 19.9 Å². The lowest BCUT2D eigenvalue weighted by molar-refractivity contribution is -0.136. The third kappa shape index (κ3) is 4.56. The van der Waals surface area contributed by atoms with E-state index in [4.69, 9.17) is 4.74 Å². The summed E-state index contributed by atoms with van der Waals surface area (Å²) in [6, 6.07) is 6.27. The summed E-state index contributed by atoms with van der Waals surface area (Å²) in [5.41, 5.74) is 0.421. The summed E-state index contributed by atoms with van der Waals surface area (Å²) in [6.45, 7) is 3.94. The van der Waals surface area contributed by atoms with E-state index in [1.165, 1.54) is 6.07 Å². The van der Waals surface area contributed by atoms with E-state index in [2.05, 4.69) is 5.32 Å². The molecule has 0 bridgehead atoms. The molecule has 1 saturated heterocycles. The van der Waals surface area contributed by atoms with Crippen molar-refractivity contribution >= 4 is 17.9 Å². The smallest absolute Gasteiger partial charge is 0.409 e. The molecule has 3 rings (SSSR count). The van der Waals surface area contributed by atoms with Crippen molar-refractivity contribution in [1.29, 1.82) is 0 Å². The second kappa shape index (κ2) is 8.37. The monoisotopic (exact) mass is 377 g/mol. The number of benzene rings is 1. The first-order valence-corrected chi connectivity index (χ1v) is 9.23. The molecule has 7 nitrogen and oxygen atoms in total. The number of halogens is 1. The Morgan fingerprint density at radius 2 is 1.78 bits per heavy atom. The molecule has 2 fully saturated rings. The molecule has 27 heavy (non-hydrogen) atoms. The lowest BCUT2D eigenvalue weighted by atomic mass is 10.2. The van der Waals surface area contributed by atoms with Crippen molar-refractivity contribution in [2.75, 3.05) is 32.8 Å². The highest BCUT2D eigenvalue weighted by atomic mass is 19.1. The van der Waals surface area contributed by atoms with Crippen LogP contribution >= 0.6 is 0 Å². The van der Waals surface area contributed by atoms with Crippen molar-refractivity contribution in [3.05, 3.63) is 35.6 Å². The first-order chi connectivity index (χ1) is 13.0. The van der Waals surface area contributed by atoms with Crippen LogP contribution in [0.1, 0.15) is 18.9 Å². The molecule has 3 amide bonds. The largest absolute Gasteiger partial charge is 0.450 e. The summed E-state index contributed by atoms with van der Waals surface area (Å²) < 4.78 is 18.6. The molecule has 1 aromatic rings. The Bertz CT molecular complexity index is 719. The van der Waals surface area contributed by atoms with Gasteiger partial charge in [0.15, 0.2) is 0 Å². The van der Waals surface area contributed by atoms with Crippen LogP contribution in [-0.4, -0.2) is 60.5 Å². The van der Waals surface area contributed by atoms with Gasteiger partial charge in [-0.25, -0.2) is 9.18 Å². The van der Waals surface area contributed by atoms with Gasteiger partial charge in [-0.3, -0.25) is 9.59 Å². The van der Waals surface area contributed by atoms with Crippen molar-refractivity contribution < 1.29 is 23.5 Å². The average molecular weight is 377 g/mol. The second-order valence-electron chi connectivity index (χ2n) is 6.77. The summed E-state index contributed by atoms with van der Waals surface area (Å²) in [5, 5.41) is 2.71. The number of nitrogens with one attached hydrogen (secondary N) is 1. The number of carbonyl (C=O) groups is 3. The van der Waals surface area contributed by atoms with E-state index in [0.29, 0.717) is 44.8 Å². The van der Waals surface area contributed by atoms with Gasteiger partial charge in [0, 0.05) is 38.3 Å². The topological polar surface area (TPSA) is 79.0 Å². The first kappa shape index (κ1) is 19.1. The van der Waals surface area contributed by atoms with Crippen LogP contribution < -0.4 is 5.32 Å². The number of piperazine rings is 1. The number of hydrogen-bond donors (Lipinski definition) is 1. The molecule has 2 aliphatic rings. The lowest BCUT2D eigenvalue weighted by Crippen LogP contribution is -2.51. The van der Waals surface area contributed by atoms with Crippen LogP contribution in [0.3, 0.4) is 0 Å². The van der Waals surface area contributed by atoms with Crippen LogP contribution in [0.4, 0.5) is 9.18 Å². The van der Waals surface area contributed by atoms with E-state index in [-0.39, 0.29) is 42.1 Å². The maximum absolute atomic E-state index is 13.6. The van der Waals surface area contributed by atoms with E-state index in [1.807, 2.05) is 0 Å². The number of hydrogen-bond acceptors (Lipinski definition) is 4. The molecule has 1 heterocycles. The molecule has 0 spiro atoms. The fraction of sp³-hybridized carbons (Fsp3) is 0.526. The Balaban J connectivity index is 1.43. The SMILES string of the molecule is CCOC(=O)N1CCN(C(=O)C2CC2C(=O)NCc2ccccc2F)CC1. The van der Waals surface area contributed by atoms with Gasteiger partial charge in [-0.15, -0.1) is 0 Å². The Morgan fingerprint density at radius 1 is 1.11 bits per heavy atom. The Hall–Kier alpha value is -2.64. The third-order valence-corrected chi connectivity index (χ3v) is 4.97. The molecule has 1 aromatic carbocycles. The maximum Gasteiger partial charge on any atom is 0.409 e. The number of carbonyl (C=O) groups excluding carboxylic acids is 3. The second-order valence-corrected chi connectivity index (χ2v) is 6.77. The zero-order valence-electron chi connectivity index (χ0n) is 15.3. The van der Waals surface area contributed by atoms with Crippen LogP contribution in [0.15, 0.2) is 24.3 Å². The van der Waals surface area contributed by atoms with Gasteiger partial charge in [0.2, 0.25) is 11.8 Å². The molecule has 2 unspecified atom stereocenters. The number of ether oxygens (including phenoxy) is 1. The van der Waals surface area contributed by atoms with Crippen LogP contribution in [0, 0.1) is 17.7 Å². The van der Waals surface area contributed by atoms with E-state index < -0.39 is 0 Å². The zero-order chi connectivity index (χ0) is 19.4. The minimum Gasteiger partial charge on any atom is -0.450 e. The predicted octanol–water partition coefficient (Wildman–Crippen LogP) is 1.38. The summed E-state index contributed by atoms with van der Waals surface area (Å²) in [6.07, 6.45) is 0.154. The lowest BCUT2D eigenvalue weighted by Gasteiger charge is -2.34. The van der Waals surface area contributed by atoms with Gasteiger partial charge in [-0.05, 0) is 19.4 Å². The van der Waals surface area contributed by atoms with Crippen molar-refractivity contribution in [1.82, 2.24) is 15.1 Å². The van der Waals surface area contributed by atoms with Gasteiger partial charge in [0.1, 0.15) is 5.82 Å². The molecular formula is C19H24FN3O4. The maximum atomic E-state index is 13.6. The van der Waals surface area contributed by atoms with Gasteiger partial charge in [0.25, 0.3) is 0 Å². The minimum atomic E-state index is -0.360. The number of nitrogens with zero attached hydrogens (tertiary/aromatic N) is 2. The average Bonchev–Trinajstić information content (AvgIpc) is 3.48. The molecule has 2 atom stereocenters. The molecule has 1 saturated carbocycles. The number of rotatable bonds is 5. The minimum absolute atomic E-state index is 0.0513. The highest BCUT2D eigenvalue weighted by molar-refractivity contribution is 5.92. The normalized spacial score (nSPS) is 21.6. The van der Waals surface area contributed by atoms with E-state index in [1.54, 1.807) is 34.9 Å². The van der Waals surface area contributed by atoms with Gasteiger partial charge < -0.3 is 19.9 Å². The van der Waals surface area contributed by atoms with Crippen molar-refractivity contribution in [2.24, 2.45) is 11.8 Å². The number of amides is 3. The Kier molecular flexibility index (Phi) is 5.93. The van der Waals surface area contributed by atoms with Crippen LogP contribution in [0.5, 0.6) is 0 Å². The fourth-order valence-electron chi connectivity index (χ4n) is 3.27. The molecule has 1 aliphatic carbocycles. The van der Waals surface area contributed by atoms with Crippen LogP contribution in [-0.2, 0) is 20.9 Å². The van der Waals surface area contributed by atoms with Crippen molar-refractivity contribution in [3.63, 3.8) is 0 Å². The molecule has 0 radical (unpaired) electrons. The van der Waals surface area contributed by atoms with E-state index in [0.717, 1.165) is 0 Å². The van der Waals surface area contributed by atoms with Gasteiger partial charge in [-0.2, -0.15) is 0 Å². The van der Waals surface area contributed by atoms with E-state index >= 15 is 0 Å². The fourth-order valence-corrected chi connectivity index (χ4v) is 3.27.